The molecule has 0 aliphatic carbocycles. The second-order valence-electron chi connectivity index (χ2n) is 4.05. The Morgan fingerprint density at radius 2 is 2.00 bits per heavy atom. The van der Waals surface area contributed by atoms with Crippen LogP contribution in [0.3, 0.4) is 0 Å². The average molecular weight is 268 g/mol. The summed E-state index contributed by atoms with van der Waals surface area (Å²) in [4.78, 5) is 0. The van der Waals surface area contributed by atoms with E-state index in [0.717, 1.165) is 17.0 Å². The van der Waals surface area contributed by atoms with Gasteiger partial charge in [0.05, 0.1) is 5.69 Å². The van der Waals surface area contributed by atoms with Gasteiger partial charge in [0.25, 0.3) is 0 Å². The van der Waals surface area contributed by atoms with Gasteiger partial charge in [-0.25, -0.2) is 0 Å². The number of nitrogens with zero attached hydrogens (tertiary/aromatic N) is 1. The highest BCUT2D eigenvalue weighted by Crippen LogP contribution is 2.14. The average Bonchev–Trinajstić information content (AvgIpc) is 2.77. The minimum atomic E-state index is -2.79. The van der Waals surface area contributed by atoms with Crippen molar-refractivity contribution in [2.24, 2.45) is 0 Å². The molecule has 4 nitrogen and oxygen atoms in total. The number of nitrogens with one attached hydrogen (secondary N) is 1. The van der Waals surface area contributed by atoms with E-state index >= 15 is 0 Å². The van der Waals surface area contributed by atoms with Crippen molar-refractivity contribution in [2.75, 3.05) is 0 Å². The van der Waals surface area contributed by atoms with Crippen LogP contribution in [-0.4, -0.2) is 11.8 Å². The maximum Gasteiger partial charge on any atom is 0.387 e. The molecular weight excluding hydrogens is 254 g/mol. The lowest BCUT2D eigenvalue weighted by Gasteiger charge is -2.06. The number of ether oxygens (including phenoxy) is 1. The molecule has 6 heteroatoms. The van der Waals surface area contributed by atoms with Gasteiger partial charge in [-0.2, -0.15) is 8.78 Å². The summed E-state index contributed by atoms with van der Waals surface area (Å²) in [6, 6.07) is 8.36. The van der Waals surface area contributed by atoms with E-state index in [1.807, 2.05) is 13.0 Å². The SMILES string of the molecule is Cc1cc(CNCc2ccc(OC(F)F)cc2)no1. The minimum Gasteiger partial charge on any atom is -0.435 e. The van der Waals surface area contributed by atoms with Crippen LogP contribution in [0.4, 0.5) is 8.78 Å². The Kier molecular flexibility index (Phi) is 4.46. The molecule has 0 unspecified atom stereocenters. The van der Waals surface area contributed by atoms with Crippen molar-refractivity contribution in [1.29, 1.82) is 0 Å². The summed E-state index contributed by atoms with van der Waals surface area (Å²) in [5.74, 6) is 0.927. The number of rotatable bonds is 6. The zero-order valence-electron chi connectivity index (χ0n) is 10.4. The first kappa shape index (κ1) is 13.5. The van der Waals surface area contributed by atoms with Crippen molar-refractivity contribution in [3.05, 3.63) is 47.3 Å². The van der Waals surface area contributed by atoms with Crippen molar-refractivity contribution in [3.8, 4) is 5.75 Å². The van der Waals surface area contributed by atoms with Gasteiger partial charge < -0.3 is 14.6 Å². The highest BCUT2D eigenvalue weighted by molar-refractivity contribution is 5.27. The number of hydrogen-bond donors (Lipinski definition) is 1. The lowest BCUT2D eigenvalue weighted by Crippen LogP contribution is -2.12. The molecular formula is C13H14F2N2O2. The monoisotopic (exact) mass is 268 g/mol. The lowest BCUT2D eigenvalue weighted by atomic mass is 10.2. The molecule has 102 valence electrons. The fourth-order valence-electron chi connectivity index (χ4n) is 1.62. The molecule has 1 aromatic heterocycles. The molecule has 1 N–H and O–H groups in total. The molecule has 19 heavy (non-hydrogen) atoms. The molecule has 0 saturated heterocycles. The molecule has 1 heterocycles. The topological polar surface area (TPSA) is 47.3 Å². The van der Waals surface area contributed by atoms with Crippen molar-refractivity contribution in [1.82, 2.24) is 10.5 Å². The first-order chi connectivity index (χ1) is 9.13. The van der Waals surface area contributed by atoms with Gasteiger partial charge in [-0.1, -0.05) is 17.3 Å². The smallest absolute Gasteiger partial charge is 0.387 e. The number of aryl methyl sites for hydroxylation is 1. The van der Waals surface area contributed by atoms with Gasteiger partial charge in [-0.3, -0.25) is 0 Å². The van der Waals surface area contributed by atoms with Crippen LogP contribution < -0.4 is 10.1 Å². The summed E-state index contributed by atoms with van der Waals surface area (Å²) >= 11 is 0. The van der Waals surface area contributed by atoms with Gasteiger partial charge in [-0.15, -0.1) is 0 Å². The quantitative estimate of drug-likeness (QED) is 0.875. The van der Waals surface area contributed by atoms with Gasteiger partial charge >= 0.3 is 6.61 Å². The highest BCUT2D eigenvalue weighted by atomic mass is 19.3. The Labute approximate surface area is 109 Å². The van der Waals surface area contributed by atoms with Crippen molar-refractivity contribution in [3.63, 3.8) is 0 Å². The molecule has 0 spiro atoms. The van der Waals surface area contributed by atoms with Crippen LogP contribution >= 0.6 is 0 Å². The molecule has 0 radical (unpaired) electrons. The number of alkyl halides is 2. The summed E-state index contributed by atoms with van der Waals surface area (Å²) in [5, 5.41) is 7.03. The van der Waals surface area contributed by atoms with Crippen LogP contribution in [0.25, 0.3) is 0 Å². The molecule has 0 bridgehead atoms. The molecule has 2 aromatic rings. The van der Waals surface area contributed by atoms with Crippen LogP contribution in [0.15, 0.2) is 34.9 Å². The van der Waals surface area contributed by atoms with Crippen LogP contribution in [0.1, 0.15) is 17.0 Å². The van der Waals surface area contributed by atoms with E-state index in [1.54, 1.807) is 12.1 Å². The first-order valence-corrected chi connectivity index (χ1v) is 5.80. The Hall–Kier alpha value is -1.95. The predicted molar refractivity (Wildman–Crippen MR) is 64.9 cm³/mol. The molecule has 1 aromatic carbocycles. The number of benzene rings is 1. The van der Waals surface area contributed by atoms with Crippen LogP contribution in [-0.2, 0) is 13.1 Å². The minimum absolute atomic E-state index is 0.158. The van der Waals surface area contributed by atoms with Crippen LogP contribution in [0, 0.1) is 6.92 Å². The van der Waals surface area contributed by atoms with Crippen LogP contribution in [0.5, 0.6) is 5.75 Å². The maximum absolute atomic E-state index is 12.0. The molecule has 0 aliphatic rings. The lowest BCUT2D eigenvalue weighted by molar-refractivity contribution is -0.0498. The summed E-state index contributed by atoms with van der Waals surface area (Å²) in [5.41, 5.74) is 1.80. The van der Waals surface area contributed by atoms with Crippen molar-refractivity contribution in [2.45, 2.75) is 26.6 Å². The van der Waals surface area contributed by atoms with E-state index in [0.29, 0.717) is 13.1 Å². The Morgan fingerprint density at radius 1 is 1.26 bits per heavy atom. The zero-order valence-corrected chi connectivity index (χ0v) is 10.4. The molecule has 0 saturated carbocycles. The molecule has 0 aliphatic heterocycles. The molecule has 0 atom stereocenters. The molecule has 0 fully saturated rings. The Morgan fingerprint density at radius 3 is 2.58 bits per heavy atom. The first-order valence-electron chi connectivity index (χ1n) is 5.80. The van der Waals surface area contributed by atoms with Crippen molar-refractivity contribution < 1.29 is 18.0 Å². The van der Waals surface area contributed by atoms with E-state index in [9.17, 15) is 8.78 Å². The van der Waals surface area contributed by atoms with Gasteiger partial charge in [0, 0.05) is 19.2 Å². The van der Waals surface area contributed by atoms with Gasteiger partial charge in [0.15, 0.2) is 0 Å². The zero-order chi connectivity index (χ0) is 13.7. The Balaban J connectivity index is 1.79. The molecule has 0 amide bonds. The van der Waals surface area contributed by atoms with E-state index in [4.69, 9.17) is 4.52 Å². The fourth-order valence-corrected chi connectivity index (χ4v) is 1.62. The van der Waals surface area contributed by atoms with E-state index in [1.165, 1.54) is 12.1 Å². The van der Waals surface area contributed by atoms with Gasteiger partial charge in [-0.05, 0) is 24.6 Å². The summed E-state index contributed by atoms with van der Waals surface area (Å²) in [7, 11) is 0. The second-order valence-corrected chi connectivity index (χ2v) is 4.05. The van der Waals surface area contributed by atoms with Crippen molar-refractivity contribution >= 4 is 0 Å². The number of halogens is 2. The third kappa shape index (κ3) is 4.33. The standard InChI is InChI=1S/C13H14F2N2O2/c1-9-6-11(17-19-9)8-16-7-10-2-4-12(5-3-10)18-13(14)15/h2-6,13,16H,7-8H2,1H3. The van der Waals surface area contributed by atoms with Gasteiger partial charge in [0.1, 0.15) is 11.5 Å². The number of aromatic nitrogens is 1. The predicted octanol–water partition coefficient (Wildman–Crippen LogP) is 2.87. The fraction of sp³-hybridized carbons (Fsp3) is 0.308. The third-order valence-corrected chi connectivity index (χ3v) is 2.46. The summed E-state index contributed by atoms with van der Waals surface area (Å²) in [6.45, 7) is 0.241. The van der Waals surface area contributed by atoms with E-state index in [-0.39, 0.29) is 5.75 Å². The highest BCUT2D eigenvalue weighted by Gasteiger charge is 2.04. The number of hydrogen-bond acceptors (Lipinski definition) is 4. The van der Waals surface area contributed by atoms with E-state index in [2.05, 4.69) is 15.2 Å². The normalized spacial score (nSPS) is 10.9. The maximum atomic E-state index is 12.0. The van der Waals surface area contributed by atoms with E-state index < -0.39 is 6.61 Å². The largest absolute Gasteiger partial charge is 0.435 e. The summed E-state index contributed by atoms with van der Waals surface area (Å²) in [6.07, 6.45) is 0. The van der Waals surface area contributed by atoms with Crippen LogP contribution in [0.2, 0.25) is 0 Å². The van der Waals surface area contributed by atoms with Gasteiger partial charge in [0.2, 0.25) is 0 Å². The third-order valence-electron chi connectivity index (χ3n) is 2.46. The molecule has 2 rings (SSSR count). The second kappa shape index (κ2) is 6.29. The summed E-state index contributed by atoms with van der Waals surface area (Å²) < 4.78 is 33.1. The Bertz CT molecular complexity index is 512.